The monoisotopic (exact) mass is 176 g/mol. The zero-order chi connectivity index (χ0) is 9.42. The van der Waals surface area contributed by atoms with Crippen LogP contribution in [-0.4, -0.2) is 15.3 Å². The van der Waals surface area contributed by atoms with Crippen LogP contribution in [-0.2, 0) is 0 Å². The van der Waals surface area contributed by atoms with Gasteiger partial charge < -0.3 is 15.9 Å². The third kappa shape index (κ3) is 1.10. The Morgan fingerprint density at radius 3 is 2.92 bits per heavy atom. The van der Waals surface area contributed by atoms with Crippen LogP contribution in [0.4, 0.5) is 5.69 Å². The van der Waals surface area contributed by atoms with Gasteiger partial charge >= 0.3 is 0 Å². The number of aromatic nitrogens is 2. The van der Waals surface area contributed by atoms with Crippen LogP contribution in [0.5, 0.6) is 0 Å². The van der Waals surface area contributed by atoms with Crippen LogP contribution in [0.1, 0.15) is 10.5 Å². The standard InChI is InChI=1S/C8H8N4O/c9-5-2-1-3-12-4-6(7(10)13)11-8(5)12/h1-4H,9H2,(H2,10,13). The van der Waals surface area contributed by atoms with Crippen molar-refractivity contribution < 1.29 is 4.79 Å². The first-order chi connectivity index (χ1) is 6.18. The van der Waals surface area contributed by atoms with Gasteiger partial charge in [0.2, 0.25) is 0 Å². The Bertz CT molecular complexity index is 474. The smallest absolute Gasteiger partial charge is 0.268 e. The lowest BCUT2D eigenvalue weighted by Crippen LogP contribution is -2.10. The number of carbonyl (C=O) groups is 1. The van der Waals surface area contributed by atoms with E-state index in [1.807, 2.05) is 0 Å². The molecule has 0 aromatic carbocycles. The number of nitrogens with two attached hydrogens (primary N) is 2. The van der Waals surface area contributed by atoms with Crippen molar-refractivity contribution >= 4 is 17.2 Å². The maximum absolute atomic E-state index is 10.8. The number of imidazole rings is 1. The molecule has 0 fully saturated rings. The molecule has 2 rings (SSSR count). The lowest BCUT2D eigenvalue weighted by molar-refractivity contribution is 0.0996. The lowest BCUT2D eigenvalue weighted by atomic mass is 10.4. The maximum Gasteiger partial charge on any atom is 0.268 e. The molecule has 2 aromatic rings. The van der Waals surface area contributed by atoms with Gasteiger partial charge in [0.25, 0.3) is 5.91 Å². The molecule has 13 heavy (non-hydrogen) atoms. The molecule has 5 nitrogen and oxygen atoms in total. The predicted molar refractivity (Wildman–Crippen MR) is 48.1 cm³/mol. The van der Waals surface area contributed by atoms with Crippen molar-refractivity contribution in [1.82, 2.24) is 9.38 Å². The highest BCUT2D eigenvalue weighted by Crippen LogP contribution is 2.11. The normalized spacial score (nSPS) is 10.5. The first-order valence-corrected chi connectivity index (χ1v) is 3.71. The van der Waals surface area contributed by atoms with Gasteiger partial charge in [-0.3, -0.25) is 4.79 Å². The minimum absolute atomic E-state index is 0.220. The number of primary amides is 1. The summed E-state index contributed by atoms with van der Waals surface area (Å²) in [7, 11) is 0. The van der Waals surface area contributed by atoms with Crippen molar-refractivity contribution in [1.29, 1.82) is 0 Å². The van der Waals surface area contributed by atoms with Gasteiger partial charge in [-0.2, -0.15) is 0 Å². The molecule has 0 aliphatic heterocycles. The average Bonchev–Trinajstić information content (AvgIpc) is 2.49. The van der Waals surface area contributed by atoms with Gasteiger partial charge in [0.1, 0.15) is 5.69 Å². The largest absolute Gasteiger partial charge is 0.396 e. The molecule has 2 aromatic heterocycles. The van der Waals surface area contributed by atoms with Crippen LogP contribution in [0.2, 0.25) is 0 Å². The summed E-state index contributed by atoms with van der Waals surface area (Å²) in [6.07, 6.45) is 3.30. The summed E-state index contributed by atoms with van der Waals surface area (Å²) >= 11 is 0. The van der Waals surface area contributed by atoms with E-state index in [9.17, 15) is 4.79 Å². The van der Waals surface area contributed by atoms with Gasteiger partial charge in [-0.15, -0.1) is 0 Å². The summed E-state index contributed by atoms with van der Waals surface area (Å²) in [6.45, 7) is 0. The van der Waals surface area contributed by atoms with E-state index < -0.39 is 5.91 Å². The molecule has 0 atom stereocenters. The first-order valence-electron chi connectivity index (χ1n) is 3.71. The second kappa shape index (κ2) is 2.48. The molecule has 0 aliphatic carbocycles. The number of hydrogen-bond acceptors (Lipinski definition) is 3. The highest BCUT2D eigenvalue weighted by molar-refractivity contribution is 5.91. The first kappa shape index (κ1) is 7.60. The SMILES string of the molecule is NC(=O)c1cn2cccc(N)c2n1. The molecule has 66 valence electrons. The molecule has 5 heteroatoms. The third-order valence-electron chi connectivity index (χ3n) is 1.77. The summed E-state index contributed by atoms with van der Waals surface area (Å²) < 4.78 is 1.66. The molecular formula is C8H8N4O. The molecule has 0 saturated heterocycles. The number of fused-ring (bicyclic) bond motifs is 1. The van der Waals surface area contributed by atoms with Gasteiger partial charge in [0.05, 0.1) is 5.69 Å². The van der Waals surface area contributed by atoms with Gasteiger partial charge in [-0.1, -0.05) is 0 Å². The van der Waals surface area contributed by atoms with Gasteiger partial charge in [0.15, 0.2) is 5.65 Å². The molecule has 0 radical (unpaired) electrons. The number of nitrogen functional groups attached to an aromatic ring is 1. The van der Waals surface area contributed by atoms with Crippen molar-refractivity contribution in [3.05, 3.63) is 30.2 Å². The number of pyridine rings is 1. The van der Waals surface area contributed by atoms with E-state index >= 15 is 0 Å². The van der Waals surface area contributed by atoms with Gasteiger partial charge in [-0.25, -0.2) is 4.98 Å². The Morgan fingerprint density at radius 1 is 1.54 bits per heavy atom. The summed E-state index contributed by atoms with van der Waals surface area (Å²) in [6, 6.07) is 3.49. The minimum Gasteiger partial charge on any atom is -0.396 e. The van der Waals surface area contributed by atoms with E-state index in [4.69, 9.17) is 11.5 Å². The zero-order valence-electron chi connectivity index (χ0n) is 6.77. The van der Waals surface area contributed by atoms with Crippen LogP contribution < -0.4 is 11.5 Å². The minimum atomic E-state index is -0.553. The number of hydrogen-bond donors (Lipinski definition) is 2. The third-order valence-corrected chi connectivity index (χ3v) is 1.77. The fourth-order valence-corrected chi connectivity index (χ4v) is 1.15. The van der Waals surface area contributed by atoms with Crippen LogP contribution in [0.3, 0.4) is 0 Å². The predicted octanol–water partition coefficient (Wildman–Crippen LogP) is 0.0154. The van der Waals surface area contributed by atoms with Crippen LogP contribution in [0, 0.1) is 0 Å². The molecule has 2 heterocycles. The summed E-state index contributed by atoms with van der Waals surface area (Å²) in [5.74, 6) is -0.553. The Hall–Kier alpha value is -2.04. The molecule has 0 spiro atoms. The number of anilines is 1. The summed E-state index contributed by atoms with van der Waals surface area (Å²) in [5, 5.41) is 0. The molecule has 0 aliphatic rings. The summed E-state index contributed by atoms with van der Waals surface area (Å²) in [4.78, 5) is 14.8. The van der Waals surface area contributed by atoms with Crippen molar-refractivity contribution in [2.75, 3.05) is 5.73 Å². The molecule has 1 amide bonds. The van der Waals surface area contributed by atoms with Crippen LogP contribution in [0.15, 0.2) is 24.5 Å². The molecule has 0 saturated carbocycles. The Balaban J connectivity index is 2.75. The van der Waals surface area contributed by atoms with Crippen molar-refractivity contribution in [3.63, 3.8) is 0 Å². The second-order valence-corrected chi connectivity index (χ2v) is 2.68. The highest BCUT2D eigenvalue weighted by Gasteiger charge is 2.07. The van der Waals surface area contributed by atoms with Crippen LogP contribution >= 0.6 is 0 Å². The van der Waals surface area contributed by atoms with Gasteiger partial charge in [-0.05, 0) is 12.1 Å². The Morgan fingerprint density at radius 2 is 2.31 bits per heavy atom. The van der Waals surface area contributed by atoms with E-state index in [2.05, 4.69) is 4.98 Å². The van der Waals surface area contributed by atoms with Crippen LogP contribution in [0.25, 0.3) is 5.65 Å². The van der Waals surface area contributed by atoms with Crippen molar-refractivity contribution in [3.8, 4) is 0 Å². The number of rotatable bonds is 1. The number of nitrogens with zero attached hydrogens (tertiary/aromatic N) is 2. The molecular weight excluding hydrogens is 168 g/mol. The fraction of sp³-hybridized carbons (Fsp3) is 0. The zero-order valence-corrected chi connectivity index (χ0v) is 6.77. The molecule has 0 unspecified atom stereocenters. The fourth-order valence-electron chi connectivity index (χ4n) is 1.15. The van der Waals surface area contributed by atoms with E-state index in [1.165, 1.54) is 0 Å². The number of amides is 1. The second-order valence-electron chi connectivity index (χ2n) is 2.68. The average molecular weight is 176 g/mol. The Kier molecular flexibility index (Phi) is 1.45. The van der Waals surface area contributed by atoms with E-state index in [0.29, 0.717) is 11.3 Å². The summed E-state index contributed by atoms with van der Waals surface area (Å²) in [5.41, 5.74) is 12.0. The van der Waals surface area contributed by atoms with E-state index in [1.54, 1.807) is 28.9 Å². The topological polar surface area (TPSA) is 86.4 Å². The number of carbonyl (C=O) groups excluding carboxylic acids is 1. The van der Waals surface area contributed by atoms with E-state index in [-0.39, 0.29) is 5.69 Å². The Labute approximate surface area is 74.0 Å². The molecule has 0 bridgehead atoms. The maximum atomic E-state index is 10.8. The van der Waals surface area contributed by atoms with Crippen molar-refractivity contribution in [2.24, 2.45) is 5.73 Å². The van der Waals surface area contributed by atoms with Crippen molar-refractivity contribution in [2.45, 2.75) is 0 Å². The lowest BCUT2D eigenvalue weighted by Gasteiger charge is -1.94. The highest BCUT2D eigenvalue weighted by atomic mass is 16.1. The quantitative estimate of drug-likeness (QED) is 0.641. The van der Waals surface area contributed by atoms with E-state index in [0.717, 1.165) is 0 Å². The van der Waals surface area contributed by atoms with Gasteiger partial charge in [0, 0.05) is 12.4 Å². The molecule has 4 N–H and O–H groups in total.